The number of nitrogens with zero attached hydrogens (tertiary/aromatic N) is 1. The Hall–Kier alpha value is -3.61. The lowest BCUT2D eigenvalue weighted by Gasteiger charge is -2.35. The number of esters is 2. The fraction of sp³-hybridized carbons (Fsp3) is 0.414. The number of hydrogen-bond acceptors (Lipinski definition) is 6. The average Bonchev–Trinajstić information content (AvgIpc) is 3.35. The number of hydrogen-bond donors (Lipinski definition) is 1. The maximum Gasteiger partial charge on any atom is 0.339 e. The molecule has 0 amide bonds. The molecule has 192 valence electrons. The SMILES string of the molecule is CCOC(=O)c1ccc(Oc2ccc(C(CCC(C)C)(C(=O)OC(C)(C)C)c3ccc[nH]3)cc2)nc1. The first kappa shape index (κ1) is 27.0. The highest BCUT2D eigenvalue weighted by Gasteiger charge is 2.45. The fourth-order valence-corrected chi connectivity index (χ4v) is 3.93. The number of carbonyl (C=O) groups excluding carboxylic acids is 2. The van der Waals surface area contributed by atoms with Gasteiger partial charge in [0.2, 0.25) is 5.88 Å². The minimum atomic E-state index is -0.987. The Bertz CT molecular complexity index is 1130. The molecule has 2 heterocycles. The molecule has 0 bridgehead atoms. The molecule has 0 fully saturated rings. The quantitative estimate of drug-likeness (QED) is 0.327. The van der Waals surface area contributed by atoms with Gasteiger partial charge in [-0.05, 0) is 82.3 Å². The summed E-state index contributed by atoms with van der Waals surface area (Å²) in [5.74, 6) is 0.600. The molecule has 1 atom stereocenters. The number of aromatic nitrogens is 2. The van der Waals surface area contributed by atoms with Crippen LogP contribution in [0, 0.1) is 5.92 Å². The molecule has 3 aromatic rings. The molecule has 0 saturated heterocycles. The molecule has 0 saturated carbocycles. The molecule has 0 aliphatic rings. The number of nitrogens with one attached hydrogen (secondary N) is 1. The van der Waals surface area contributed by atoms with Gasteiger partial charge in [0.15, 0.2) is 0 Å². The van der Waals surface area contributed by atoms with Crippen molar-refractivity contribution in [1.82, 2.24) is 9.97 Å². The van der Waals surface area contributed by atoms with E-state index in [0.717, 1.165) is 17.7 Å². The van der Waals surface area contributed by atoms with Gasteiger partial charge in [0.1, 0.15) is 16.8 Å². The summed E-state index contributed by atoms with van der Waals surface area (Å²) in [6.07, 6.45) is 4.68. The summed E-state index contributed by atoms with van der Waals surface area (Å²) >= 11 is 0. The zero-order valence-corrected chi connectivity index (χ0v) is 22.0. The predicted molar refractivity (Wildman–Crippen MR) is 138 cm³/mol. The highest BCUT2D eigenvalue weighted by atomic mass is 16.6. The van der Waals surface area contributed by atoms with E-state index in [2.05, 4.69) is 23.8 Å². The smallest absolute Gasteiger partial charge is 0.339 e. The standard InChI is InChI=1S/C29H36N2O5/c1-7-34-26(32)21-10-15-25(31-19-21)35-23-13-11-22(12-14-23)29(17-16-20(2)3,24-9-8-18-30-24)27(33)36-28(4,5)6/h8-15,18-20,30H,7,16-17H2,1-6H3. The van der Waals surface area contributed by atoms with Crippen molar-refractivity contribution in [3.8, 4) is 11.6 Å². The molecule has 0 aliphatic carbocycles. The summed E-state index contributed by atoms with van der Waals surface area (Å²) in [6.45, 7) is 12.0. The van der Waals surface area contributed by atoms with Crippen LogP contribution in [0.15, 0.2) is 60.9 Å². The maximum atomic E-state index is 13.8. The van der Waals surface area contributed by atoms with Gasteiger partial charge < -0.3 is 19.2 Å². The lowest BCUT2D eigenvalue weighted by Crippen LogP contribution is -2.43. The van der Waals surface area contributed by atoms with E-state index in [1.165, 1.54) is 6.20 Å². The summed E-state index contributed by atoms with van der Waals surface area (Å²) in [5.41, 5.74) is 0.356. The molecule has 1 unspecified atom stereocenters. The summed E-state index contributed by atoms with van der Waals surface area (Å²) in [6, 6.07) is 14.5. The van der Waals surface area contributed by atoms with Crippen LogP contribution in [0.5, 0.6) is 11.6 Å². The van der Waals surface area contributed by atoms with Crippen molar-refractivity contribution in [2.24, 2.45) is 5.92 Å². The monoisotopic (exact) mass is 492 g/mol. The van der Waals surface area contributed by atoms with Gasteiger partial charge in [-0.2, -0.15) is 0 Å². The summed E-state index contributed by atoms with van der Waals surface area (Å²) in [4.78, 5) is 33.1. The number of benzene rings is 1. The third-order valence-corrected chi connectivity index (χ3v) is 5.72. The molecule has 1 N–H and O–H groups in total. The normalized spacial score (nSPS) is 13.2. The van der Waals surface area contributed by atoms with E-state index < -0.39 is 17.0 Å². The second kappa shape index (κ2) is 11.4. The number of ether oxygens (including phenoxy) is 3. The molecular weight excluding hydrogens is 456 g/mol. The Morgan fingerprint density at radius 1 is 1.03 bits per heavy atom. The minimum Gasteiger partial charge on any atom is -0.462 e. The van der Waals surface area contributed by atoms with E-state index in [0.29, 0.717) is 36.1 Å². The number of carbonyl (C=O) groups is 2. The molecule has 36 heavy (non-hydrogen) atoms. The summed E-state index contributed by atoms with van der Waals surface area (Å²) in [7, 11) is 0. The number of aromatic amines is 1. The van der Waals surface area contributed by atoms with Crippen LogP contribution in [-0.4, -0.2) is 34.1 Å². The van der Waals surface area contributed by atoms with E-state index in [-0.39, 0.29) is 5.97 Å². The molecule has 0 spiro atoms. The van der Waals surface area contributed by atoms with E-state index in [1.807, 2.05) is 63.4 Å². The first-order valence-corrected chi connectivity index (χ1v) is 12.3. The average molecular weight is 493 g/mol. The number of rotatable bonds is 10. The van der Waals surface area contributed by atoms with Crippen molar-refractivity contribution in [2.45, 2.75) is 65.4 Å². The topological polar surface area (TPSA) is 90.5 Å². The molecule has 0 aliphatic heterocycles. The Balaban J connectivity index is 1.93. The van der Waals surface area contributed by atoms with Crippen LogP contribution >= 0.6 is 0 Å². The summed E-state index contributed by atoms with van der Waals surface area (Å²) < 4.78 is 16.8. The molecule has 7 nitrogen and oxygen atoms in total. The largest absolute Gasteiger partial charge is 0.462 e. The zero-order chi connectivity index (χ0) is 26.3. The minimum absolute atomic E-state index is 0.289. The van der Waals surface area contributed by atoms with Crippen LogP contribution in [0.25, 0.3) is 0 Å². The highest BCUT2D eigenvalue weighted by Crippen LogP contribution is 2.40. The third-order valence-electron chi connectivity index (χ3n) is 5.72. The lowest BCUT2D eigenvalue weighted by atomic mass is 9.72. The van der Waals surface area contributed by atoms with Gasteiger partial charge in [0.05, 0.1) is 12.2 Å². The molecule has 0 radical (unpaired) electrons. The Morgan fingerprint density at radius 2 is 1.75 bits per heavy atom. The molecule has 1 aromatic carbocycles. The Labute approximate surface area is 213 Å². The van der Waals surface area contributed by atoms with Crippen LogP contribution < -0.4 is 4.74 Å². The van der Waals surface area contributed by atoms with Crippen molar-refractivity contribution >= 4 is 11.9 Å². The highest BCUT2D eigenvalue weighted by molar-refractivity contribution is 5.89. The van der Waals surface area contributed by atoms with Crippen molar-refractivity contribution in [3.63, 3.8) is 0 Å². The first-order valence-electron chi connectivity index (χ1n) is 12.3. The fourth-order valence-electron chi connectivity index (χ4n) is 3.93. The van der Waals surface area contributed by atoms with E-state index in [4.69, 9.17) is 14.2 Å². The van der Waals surface area contributed by atoms with Gasteiger partial charge in [-0.25, -0.2) is 9.78 Å². The van der Waals surface area contributed by atoms with Gasteiger partial charge >= 0.3 is 11.9 Å². The van der Waals surface area contributed by atoms with Crippen LogP contribution in [0.2, 0.25) is 0 Å². The second-order valence-electron chi connectivity index (χ2n) is 10.2. The van der Waals surface area contributed by atoms with Crippen LogP contribution in [0.1, 0.15) is 76.0 Å². The van der Waals surface area contributed by atoms with Crippen molar-refractivity contribution in [3.05, 3.63) is 77.7 Å². The molecule has 7 heteroatoms. The number of pyridine rings is 1. The van der Waals surface area contributed by atoms with Gasteiger partial charge in [-0.15, -0.1) is 0 Å². The van der Waals surface area contributed by atoms with E-state index >= 15 is 0 Å². The maximum absolute atomic E-state index is 13.8. The van der Waals surface area contributed by atoms with Gasteiger partial charge in [-0.3, -0.25) is 4.79 Å². The van der Waals surface area contributed by atoms with E-state index in [9.17, 15) is 9.59 Å². The van der Waals surface area contributed by atoms with Gasteiger partial charge in [-0.1, -0.05) is 26.0 Å². The van der Waals surface area contributed by atoms with Crippen LogP contribution in [0.3, 0.4) is 0 Å². The molecule has 2 aromatic heterocycles. The number of H-pyrrole nitrogens is 1. The van der Waals surface area contributed by atoms with Gasteiger partial charge in [0, 0.05) is 24.2 Å². The third kappa shape index (κ3) is 6.53. The van der Waals surface area contributed by atoms with Crippen LogP contribution in [0.4, 0.5) is 0 Å². The van der Waals surface area contributed by atoms with Crippen molar-refractivity contribution in [2.75, 3.05) is 6.61 Å². The zero-order valence-electron chi connectivity index (χ0n) is 22.0. The van der Waals surface area contributed by atoms with Crippen LogP contribution in [-0.2, 0) is 19.7 Å². The lowest BCUT2D eigenvalue weighted by molar-refractivity contribution is -0.161. The van der Waals surface area contributed by atoms with E-state index in [1.54, 1.807) is 19.1 Å². The van der Waals surface area contributed by atoms with Crippen molar-refractivity contribution in [1.29, 1.82) is 0 Å². The van der Waals surface area contributed by atoms with Crippen molar-refractivity contribution < 1.29 is 23.8 Å². The summed E-state index contributed by atoms with van der Waals surface area (Å²) in [5, 5.41) is 0. The predicted octanol–water partition coefficient (Wildman–Crippen LogP) is 6.44. The Kier molecular flexibility index (Phi) is 8.56. The molecular formula is C29H36N2O5. The van der Waals surface area contributed by atoms with Gasteiger partial charge in [0.25, 0.3) is 0 Å². The molecule has 3 rings (SSSR count). The Morgan fingerprint density at radius 3 is 2.28 bits per heavy atom. The second-order valence-corrected chi connectivity index (χ2v) is 10.2. The first-order chi connectivity index (χ1) is 17.0.